The third-order valence-electron chi connectivity index (χ3n) is 3.69. The second-order valence-electron chi connectivity index (χ2n) is 5.56. The summed E-state index contributed by atoms with van der Waals surface area (Å²) in [6.45, 7) is 3.95. The van der Waals surface area contributed by atoms with Crippen molar-refractivity contribution in [3.8, 4) is 17.2 Å². The van der Waals surface area contributed by atoms with Crippen molar-refractivity contribution in [1.82, 2.24) is 0 Å². The van der Waals surface area contributed by atoms with E-state index in [4.69, 9.17) is 9.47 Å². The number of anilines is 1. The Balaban J connectivity index is 1.70. The summed E-state index contributed by atoms with van der Waals surface area (Å²) >= 11 is 1.62. The molecule has 0 aliphatic rings. The molecule has 0 aliphatic heterocycles. The van der Waals surface area contributed by atoms with E-state index in [0.717, 1.165) is 21.0 Å². The molecule has 1 amide bonds. The maximum atomic E-state index is 12.4. The lowest BCUT2D eigenvalue weighted by molar-refractivity contribution is 0.102. The van der Waals surface area contributed by atoms with Gasteiger partial charge in [-0.2, -0.15) is 0 Å². The number of thiophene rings is 1. The predicted molar refractivity (Wildman–Crippen MR) is 101 cm³/mol. The number of aryl methyl sites for hydroxylation is 2. The van der Waals surface area contributed by atoms with Gasteiger partial charge in [-0.1, -0.05) is 12.1 Å². The maximum Gasteiger partial charge on any atom is 0.256 e. The SMILES string of the molecule is COc1ccccc1Oc1ccc(NC(=O)c2cc(C)sc2C)cc1. The van der Waals surface area contributed by atoms with Crippen LogP contribution < -0.4 is 14.8 Å². The van der Waals surface area contributed by atoms with Gasteiger partial charge in [0.25, 0.3) is 5.91 Å². The molecule has 0 bridgehead atoms. The smallest absolute Gasteiger partial charge is 0.256 e. The number of carbonyl (C=O) groups is 1. The minimum absolute atomic E-state index is 0.0970. The summed E-state index contributed by atoms with van der Waals surface area (Å²) in [4.78, 5) is 14.5. The first-order valence-corrected chi connectivity index (χ1v) is 8.68. The highest BCUT2D eigenvalue weighted by atomic mass is 32.1. The summed E-state index contributed by atoms with van der Waals surface area (Å²) < 4.78 is 11.1. The number of ether oxygens (including phenoxy) is 2. The van der Waals surface area contributed by atoms with Crippen LogP contribution >= 0.6 is 11.3 Å². The Labute approximate surface area is 151 Å². The molecule has 1 N–H and O–H groups in total. The van der Waals surface area contributed by atoms with E-state index in [9.17, 15) is 4.79 Å². The molecule has 0 unspecified atom stereocenters. The predicted octanol–water partition coefficient (Wildman–Crippen LogP) is 5.42. The van der Waals surface area contributed by atoms with E-state index in [1.54, 1.807) is 18.4 Å². The molecule has 5 heteroatoms. The normalized spacial score (nSPS) is 10.4. The van der Waals surface area contributed by atoms with E-state index in [-0.39, 0.29) is 5.91 Å². The van der Waals surface area contributed by atoms with Crippen LogP contribution in [0.4, 0.5) is 5.69 Å². The Morgan fingerprint density at radius 3 is 2.28 bits per heavy atom. The van der Waals surface area contributed by atoms with Crippen LogP contribution in [0.1, 0.15) is 20.1 Å². The van der Waals surface area contributed by atoms with Crippen LogP contribution in [-0.4, -0.2) is 13.0 Å². The lowest BCUT2D eigenvalue weighted by Crippen LogP contribution is -2.11. The van der Waals surface area contributed by atoms with Gasteiger partial charge < -0.3 is 14.8 Å². The molecule has 3 rings (SSSR count). The quantitative estimate of drug-likeness (QED) is 0.666. The molecule has 0 radical (unpaired) electrons. The molecular weight excluding hydrogens is 334 g/mol. The van der Waals surface area contributed by atoms with Gasteiger partial charge in [0.05, 0.1) is 12.7 Å². The Morgan fingerprint density at radius 1 is 1.00 bits per heavy atom. The summed E-state index contributed by atoms with van der Waals surface area (Å²) in [6, 6.07) is 16.6. The zero-order valence-electron chi connectivity index (χ0n) is 14.3. The Hall–Kier alpha value is -2.79. The van der Waals surface area contributed by atoms with E-state index in [1.165, 1.54) is 0 Å². The second kappa shape index (κ2) is 7.40. The molecule has 0 aliphatic carbocycles. The Kier molecular flexibility index (Phi) is 5.05. The van der Waals surface area contributed by atoms with Gasteiger partial charge in [0, 0.05) is 15.4 Å². The average molecular weight is 353 g/mol. The van der Waals surface area contributed by atoms with Gasteiger partial charge in [-0.3, -0.25) is 4.79 Å². The fraction of sp³-hybridized carbons (Fsp3) is 0.150. The molecule has 0 saturated heterocycles. The maximum absolute atomic E-state index is 12.4. The Bertz CT molecular complexity index is 884. The lowest BCUT2D eigenvalue weighted by Gasteiger charge is -2.10. The van der Waals surface area contributed by atoms with E-state index >= 15 is 0 Å². The van der Waals surface area contributed by atoms with E-state index in [2.05, 4.69) is 5.32 Å². The molecule has 4 nitrogen and oxygen atoms in total. The van der Waals surface area contributed by atoms with Crippen LogP contribution in [0.2, 0.25) is 0 Å². The van der Waals surface area contributed by atoms with Crippen LogP contribution in [0.3, 0.4) is 0 Å². The summed E-state index contributed by atoms with van der Waals surface area (Å²) in [7, 11) is 1.61. The van der Waals surface area contributed by atoms with Gasteiger partial charge in [-0.25, -0.2) is 0 Å². The first-order chi connectivity index (χ1) is 12.1. The zero-order valence-corrected chi connectivity index (χ0v) is 15.1. The monoisotopic (exact) mass is 353 g/mol. The number of hydrogen-bond donors (Lipinski definition) is 1. The van der Waals surface area contributed by atoms with Gasteiger partial charge in [-0.05, 0) is 56.3 Å². The fourth-order valence-electron chi connectivity index (χ4n) is 2.49. The molecule has 1 aromatic heterocycles. The standard InChI is InChI=1S/C20H19NO3S/c1-13-12-17(14(2)25-13)20(22)21-15-8-10-16(11-9-15)24-19-7-5-4-6-18(19)23-3/h4-12H,1-3H3,(H,21,22). The van der Waals surface area contributed by atoms with Crippen LogP contribution in [-0.2, 0) is 0 Å². The van der Waals surface area contributed by atoms with Crippen molar-refractivity contribution >= 4 is 22.9 Å². The molecule has 3 aromatic rings. The van der Waals surface area contributed by atoms with Crippen molar-refractivity contribution in [2.45, 2.75) is 13.8 Å². The third kappa shape index (κ3) is 4.00. The van der Waals surface area contributed by atoms with Crippen LogP contribution in [0, 0.1) is 13.8 Å². The summed E-state index contributed by atoms with van der Waals surface area (Å²) in [6.07, 6.45) is 0. The number of carbonyl (C=O) groups excluding carboxylic acids is 1. The molecular formula is C20H19NO3S. The number of para-hydroxylation sites is 2. The largest absolute Gasteiger partial charge is 0.493 e. The van der Waals surface area contributed by atoms with Crippen molar-refractivity contribution < 1.29 is 14.3 Å². The topological polar surface area (TPSA) is 47.6 Å². The van der Waals surface area contributed by atoms with Gasteiger partial charge >= 0.3 is 0 Å². The summed E-state index contributed by atoms with van der Waals surface area (Å²) in [5, 5.41) is 2.91. The number of amides is 1. The minimum atomic E-state index is -0.0970. The lowest BCUT2D eigenvalue weighted by atomic mass is 10.2. The highest BCUT2D eigenvalue weighted by Crippen LogP contribution is 2.31. The van der Waals surface area contributed by atoms with Gasteiger partial charge in [0.2, 0.25) is 0 Å². The molecule has 0 spiro atoms. The van der Waals surface area contributed by atoms with Crippen LogP contribution in [0.5, 0.6) is 17.2 Å². The second-order valence-corrected chi connectivity index (χ2v) is 7.02. The fourth-order valence-corrected chi connectivity index (χ4v) is 3.41. The molecule has 25 heavy (non-hydrogen) atoms. The Morgan fingerprint density at radius 2 is 1.68 bits per heavy atom. The molecule has 2 aromatic carbocycles. The van der Waals surface area contributed by atoms with Gasteiger partial charge in [-0.15, -0.1) is 11.3 Å². The zero-order chi connectivity index (χ0) is 17.8. The molecule has 0 fully saturated rings. The van der Waals surface area contributed by atoms with Crippen molar-refractivity contribution in [3.63, 3.8) is 0 Å². The third-order valence-corrected chi connectivity index (χ3v) is 4.66. The first-order valence-electron chi connectivity index (χ1n) is 7.86. The summed E-state index contributed by atoms with van der Waals surface area (Å²) in [5.74, 6) is 1.89. The van der Waals surface area contributed by atoms with E-state index in [0.29, 0.717) is 17.2 Å². The van der Waals surface area contributed by atoms with Crippen molar-refractivity contribution in [3.05, 3.63) is 69.9 Å². The van der Waals surface area contributed by atoms with Crippen molar-refractivity contribution in [2.75, 3.05) is 12.4 Å². The average Bonchev–Trinajstić information content (AvgIpc) is 2.95. The highest BCUT2D eigenvalue weighted by Gasteiger charge is 2.12. The van der Waals surface area contributed by atoms with Crippen molar-refractivity contribution in [1.29, 1.82) is 0 Å². The molecule has 0 atom stereocenters. The number of nitrogens with one attached hydrogen (secondary N) is 1. The molecule has 128 valence electrons. The minimum Gasteiger partial charge on any atom is -0.493 e. The van der Waals surface area contributed by atoms with Crippen LogP contribution in [0.25, 0.3) is 0 Å². The van der Waals surface area contributed by atoms with Gasteiger partial charge in [0.1, 0.15) is 5.75 Å². The first kappa shape index (κ1) is 17.0. The number of methoxy groups -OCH3 is 1. The van der Waals surface area contributed by atoms with E-state index < -0.39 is 0 Å². The molecule has 0 saturated carbocycles. The summed E-state index contributed by atoms with van der Waals surface area (Å²) in [5.41, 5.74) is 1.44. The molecule has 1 heterocycles. The van der Waals surface area contributed by atoms with E-state index in [1.807, 2.05) is 68.4 Å². The van der Waals surface area contributed by atoms with Crippen molar-refractivity contribution in [2.24, 2.45) is 0 Å². The van der Waals surface area contributed by atoms with Crippen LogP contribution in [0.15, 0.2) is 54.6 Å². The highest BCUT2D eigenvalue weighted by molar-refractivity contribution is 7.12. The van der Waals surface area contributed by atoms with Gasteiger partial charge in [0.15, 0.2) is 11.5 Å². The number of hydrogen-bond acceptors (Lipinski definition) is 4. The number of benzene rings is 2. The number of rotatable bonds is 5.